The lowest BCUT2D eigenvalue weighted by molar-refractivity contribution is 0.850. The lowest BCUT2D eigenvalue weighted by atomic mass is 10.4. The SMILES string of the molecule is [C]1CCN=CN1. The van der Waals surface area contributed by atoms with Crippen molar-refractivity contribution >= 4 is 6.34 Å². The second kappa shape index (κ2) is 1.80. The van der Waals surface area contributed by atoms with E-state index in [0.717, 1.165) is 13.0 Å². The van der Waals surface area contributed by atoms with Crippen molar-refractivity contribution in [1.29, 1.82) is 0 Å². The Morgan fingerprint density at radius 1 is 1.83 bits per heavy atom. The zero-order chi connectivity index (χ0) is 4.24. The molecule has 0 saturated heterocycles. The first kappa shape index (κ1) is 3.65. The summed E-state index contributed by atoms with van der Waals surface area (Å²) in [5.74, 6) is 0. The standard InChI is InChI=1S/C4H6N2/c1-2-5-4-6-3-1/h4H,1-2H2,(H,5,6). The summed E-state index contributed by atoms with van der Waals surface area (Å²) in [4.78, 5) is 3.88. The average Bonchev–Trinajstić information content (AvgIpc) is 1.72. The summed E-state index contributed by atoms with van der Waals surface area (Å²) in [7, 11) is 0. The first-order valence-electron chi connectivity index (χ1n) is 1.97. The number of rotatable bonds is 0. The molecule has 0 aliphatic carbocycles. The molecular weight excluding hydrogens is 76.1 g/mol. The third kappa shape index (κ3) is 0.708. The van der Waals surface area contributed by atoms with Crippen LogP contribution in [0.3, 0.4) is 0 Å². The van der Waals surface area contributed by atoms with E-state index in [1.807, 2.05) is 0 Å². The van der Waals surface area contributed by atoms with Gasteiger partial charge in [0, 0.05) is 6.54 Å². The predicted octanol–water partition coefficient (Wildman–Crippen LogP) is 0.0468. The lowest BCUT2D eigenvalue weighted by Crippen LogP contribution is -2.12. The number of aliphatic imine (C=N–C) groups is 1. The molecule has 0 fully saturated rings. The third-order valence-electron chi connectivity index (χ3n) is 0.624. The molecule has 0 aromatic carbocycles. The van der Waals surface area contributed by atoms with Crippen LogP contribution in [0.2, 0.25) is 0 Å². The smallest absolute Gasteiger partial charge is 0.0907 e. The van der Waals surface area contributed by atoms with Gasteiger partial charge in [-0.3, -0.25) is 4.99 Å². The fourth-order valence-electron chi connectivity index (χ4n) is 0.348. The van der Waals surface area contributed by atoms with Crippen molar-refractivity contribution in [3.05, 3.63) is 6.54 Å². The average molecular weight is 82.1 g/mol. The van der Waals surface area contributed by atoms with E-state index >= 15 is 0 Å². The fraction of sp³-hybridized carbons (Fsp3) is 0.500. The van der Waals surface area contributed by atoms with Crippen LogP contribution in [0.15, 0.2) is 4.99 Å². The van der Waals surface area contributed by atoms with E-state index in [2.05, 4.69) is 16.9 Å². The van der Waals surface area contributed by atoms with Crippen LogP contribution in [-0.4, -0.2) is 12.9 Å². The van der Waals surface area contributed by atoms with Crippen molar-refractivity contribution in [2.24, 2.45) is 4.99 Å². The van der Waals surface area contributed by atoms with Gasteiger partial charge in [-0.2, -0.15) is 0 Å². The van der Waals surface area contributed by atoms with Crippen molar-refractivity contribution in [2.45, 2.75) is 6.42 Å². The van der Waals surface area contributed by atoms with E-state index in [1.165, 1.54) is 0 Å². The minimum atomic E-state index is 0.896. The monoisotopic (exact) mass is 82.1 g/mol. The van der Waals surface area contributed by atoms with Gasteiger partial charge in [-0.05, 0) is 6.42 Å². The van der Waals surface area contributed by atoms with Gasteiger partial charge in [0.25, 0.3) is 0 Å². The molecule has 0 aromatic rings. The van der Waals surface area contributed by atoms with Gasteiger partial charge in [-0.25, -0.2) is 0 Å². The molecule has 1 aliphatic rings. The molecule has 2 radical (unpaired) electrons. The normalized spacial score (nSPS) is 20.0. The van der Waals surface area contributed by atoms with E-state index < -0.39 is 0 Å². The Bertz CT molecular complexity index is 50.6. The van der Waals surface area contributed by atoms with Crippen molar-refractivity contribution in [1.82, 2.24) is 5.32 Å². The van der Waals surface area contributed by atoms with Crippen LogP contribution >= 0.6 is 0 Å². The molecule has 1 N–H and O–H groups in total. The van der Waals surface area contributed by atoms with Crippen molar-refractivity contribution in [3.8, 4) is 0 Å². The van der Waals surface area contributed by atoms with Crippen molar-refractivity contribution < 1.29 is 0 Å². The summed E-state index contributed by atoms with van der Waals surface area (Å²) in [6.07, 6.45) is 2.60. The van der Waals surface area contributed by atoms with Gasteiger partial charge in [-0.15, -0.1) is 0 Å². The molecule has 0 unspecified atom stereocenters. The van der Waals surface area contributed by atoms with Crippen LogP contribution in [0.4, 0.5) is 0 Å². The molecule has 0 saturated carbocycles. The van der Waals surface area contributed by atoms with E-state index in [-0.39, 0.29) is 0 Å². The van der Waals surface area contributed by atoms with Crippen LogP contribution in [0, 0.1) is 6.54 Å². The Morgan fingerprint density at radius 3 is 3.00 bits per heavy atom. The van der Waals surface area contributed by atoms with E-state index in [0.29, 0.717) is 0 Å². The number of nitrogens with zero attached hydrogens (tertiary/aromatic N) is 1. The Kier molecular flexibility index (Phi) is 1.10. The topological polar surface area (TPSA) is 24.4 Å². The zero-order valence-electron chi connectivity index (χ0n) is 3.44. The Morgan fingerprint density at radius 2 is 2.83 bits per heavy atom. The molecule has 6 heavy (non-hydrogen) atoms. The Labute approximate surface area is 37.3 Å². The first-order chi connectivity index (χ1) is 3.00. The van der Waals surface area contributed by atoms with Gasteiger partial charge in [0.15, 0.2) is 0 Å². The summed E-state index contributed by atoms with van der Waals surface area (Å²) in [5, 5.41) is 2.74. The van der Waals surface area contributed by atoms with Gasteiger partial charge in [0.1, 0.15) is 0 Å². The predicted molar refractivity (Wildman–Crippen MR) is 24.4 cm³/mol. The molecule has 0 spiro atoms. The number of hydrogen-bond acceptors (Lipinski definition) is 2. The molecule has 0 bridgehead atoms. The summed E-state index contributed by atoms with van der Waals surface area (Å²) >= 11 is 0. The molecule has 2 heteroatoms. The van der Waals surface area contributed by atoms with E-state index in [1.54, 1.807) is 6.34 Å². The molecule has 0 atom stereocenters. The van der Waals surface area contributed by atoms with E-state index in [9.17, 15) is 0 Å². The molecule has 0 aromatic heterocycles. The second-order valence-electron chi connectivity index (χ2n) is 1.11. The van der Waals surface area contributed by atoms with Gasteiger partial charge >= 0.3 is 0 Å². The maximum Gasteiger partial charge on any atom is 0.0907 e. The highest BCUT2D eigenvalue weighted by Gasteiger charge is 1.87. The number of hydrogen-bond donors (Lipinski definition) is 1. The summed E-state index contributed by atoms with van der Waals surface area (Å²) in [5.41, 5.74) is 0. The zero-order valence-corrected chi connectivity index (χ0v) is 3.44. The molecular formula is C4H6N2. The summed E-state index contributed by atoms with van der Waals surface area (Å²) < 4.78 is 0. The van der Waals surface area contributed by atoms with Crippen LogP contribution in [0.5, 0.6) is 0 Å². The quantitative estimate of drug-likeness (QED) is 0.438. The third-order valence-corrected chi connectivity index (χ3v) is 0.624. The highest BCUT2D eigenvalue weighted by atomic mass is 15.0. The second-order valence-corrected chi connectivity index (χ2v) is 1.11. The van der Waals surface area contributed by atoms with Crippen LogP contribution < -0.4 is 5.32 Å². The van der Waals surface area contributed by atoms with Gasteiger partial charge in [-0.1, -0.05) is 0 Å². The van der Waals surface area contributed by atoms with Crippen LogP contribution in [0.25, 0.3) is 0 Å². The summed E-state index contributed by atoms with van der Waals surface area (Å²) in [6.45, 7) is 3.78. The largest absolute Gasteiger partial charge is 0.366 e. The lowest BCUT2D eigenvalue weighted by Gasteiger charge is -1.99. The highest BCUT2D eigenvalue weighted by molar-refractivity contribution is 5.55. The molecule has 0 amide bonds. The molecule has 1 aliphatic heterocycles. The maximum atomic E-state index is 3.88. The first-order valence-corrected chi connectivity index (χ1v) is 1.97. The van der Waals surface area contributed by atoms with E-state index in [4.69, 9.17) is 0 Å². The summed E-state index contributed by atoms with van der Waals surface area (Å²) in [6, 6.07) is 0. The molecule has 2 nitrogen and oxygen atoms in total. The van der Waals surface area contributed by atoms with Gasteiger partial charge < -0.3 is 5.32 Å². The maximum absolute atomic E-state index is 3.88. The minimum Gasteiger partial charge on any atom is -0.366 e. The molecule has 1 rings (SSSR count). The van der Waals surface area contributed by atoms with Crippen molar-refractivity contribution in [3.63, 3.8) is 0 Å². The highest BCUT2D eigenvalue weighted by Crippen LogP contribution is 1.85. The Balaban J connectivity index is 2.26. The number of nitrogens with one attached hydrogen (secondary N) is 1. The van der Waals surface area contributed by atoms with Crippen molar-refractivity contribution in [2.75, 3.05) is 6.54 Å². The molecule has 32 valence electrons. The molecule has 1 heterocycles. The van der Waals surface area contributed by atoms with Gasteiger partial charge in [0.05, 0.1) is 12.9 Å². The Hall–Kier alpha value is -0.530. The fourth-order valence-corrected chi connectivity index (χ4v) is 0.348. The van der Waals surface area contributed by atoms with Gasteiger partial charge in [0.2, 0.25) is 0 Å². The minimum absolute atomic E-state index is 0.896. The van der Waals surface area contributed by atoms with Crippen LogP contribution in [-0.2, 0) is 0 Å². The van der Waals surface area contributed by atoms with Crippen LogP contribution in [0.1, 0.15) is 6.42 Å².